The third kappa shape index (κ3) is 5.01. The number of aryl methyl sites for hydroxylation is 2. The number of benzene rings is 1. The molecule has 0 bridgehead atoms. The van der Waals surface area contributed by atoms with Gasteiger partial charge >= 0.3 is 6.18 Å². The minimum atomic E-state index is -4.34. The Morgan fingerprint density at radius 3 is 2.94 bits per heavy atom. The summed E-state index contributed by atoms with van der Waals surface area (Å²) < 4.78 is 40.5. The van der Waals surface area contributed by atoms with Gasteiger partial charge in [-0.05, 0) is 31.4 Å². The zero-order chi connectivity index (χ0) is 22.0. The van der Waals surface area contributed by atoms with E-state index in [0.29, 0.717) is 35.1 Å². The van der Waals surface area contributed by atoms with Crippen LogP contribution in [0.25, 0.3) is 11.0 Å². The molecule has 1 N–H and O–H groups in total. The van der Waals surface area contributed by atoms with E-state index in [1.54, 1.807) is 17.7 Å². The predicted molar refractivity (Wildman–Crippen MR) is 113 cm³/mol. The molecule has 31 heavy (non-hydrogen) atoms. The van der Waals surface area contributed by atoms with E-state index in [0.717, 1.165) is 17.1 Å². The Hall–Kier alpha value is -3.01. The average molecular weight is 447 g/mol. The van der Waals surface area contributed by atoms with Gasteiger partial charge in [-0.15, -0.1) is 16.4 Å². The van der Waals surface area contributed by atoms with Gasteiger partial charge in [-0.25, -0.2) is 9.67 Å². The van der Waals surface area contributed by atoms with Gasteiger partial charge in [0, 0.05) is 12.8 Å². The number of para-hydroxylation sites is 1. The quantitative estimate of drug-likeness (QED) is 0.587. The smallest absolute Gasteiger partial charge is 0.316 e. The number of carbonyl (C=O) groups excluding carboxylic acids is 1. The maximum Gasteiger partial charge on any atom is 0.416 e. The van der Waals surface area contributed by atoms with E-state index >= 15 is 0 Å². The normalized spacial score (nSPS) is 16.5. The summed E-state index contributed by atoms with van der Waals surface area (Å²) in [6.45, 7) is 2.16. The van der Waals surface area contributed by atoms with E-state index in [1.165, 1.54) is 17.4 Å². The molecule has 1 aliphatic rings. The summed E-state index contributed by atoms with van der Waals surface area (Å²) in [5.74, 6) is -0.450. The van der Waals surface area contributed by atoms with E-state index in [4.69, 9.17) is 0 Å². The highest BCUT2D eigenvalue weighted by molar-refractivity contribution is 7.16. The second kappa shape index (κ2) is 8.62. The summed E-state index contributed by atoms with van der Waals surface area (Å²) in [5.41, 5.74) is 1.67. The molecule has 10 heteroatoms. The van der Waals surface area contributed by atoms with Crippen molar-refractivity contribution >= 4 is 33.3 Å². The molecular weight excluding hydrogens is 427 g/mol. The average Bonchev–Trinajstić information content (AvgIpc) is 3.29. The fourth-order valence-corrected chi connectivity index (χ4v) is 4.51. The summed E-state index contributed by atoms with van der Waals surface area (Å²) in [5, 5.41) is 12.3. The largest absolute Gasteiger partial charge is 0.416 e. The molecule has 4 rings (SSSR count). The number of rotatable bonds is 6. The molecule has 1 unspecified atom stereocenters. The van der Waals surface area contributed by atoms with Crippen molar-refractivity contribution in [3.8, 4) is 0 Å². The summed E-state index contributed by atoms with van der Waals surface area (Å²) >= 11 is 1.30. The Morgan fingerprint density at radius 1 is 1.32 bits per heavy atom. The van der Waals surface area contributed by atoms with E-state index < -0.39 is 11.7 Å². The number of nitrogens with zero attached hydrogens (tertiary/aromatic N) is 4. The molecule has 162 valence electrons. The zero-order valence-corrected chi connectivity index (χ0v) is 17.5. The van der Waals surface area contributed by atoms with Gasteiger partial charge in [-0.3, -0.25) is 4.79 Å². The van der Waals surface area contributed by atoms with Crippen LogP contribution in [0.1, 0.15) is 23.5 Å². The molecule has 0 saturated heterocycles. The molecule has 6 nitrogen and oxygen atoms in total. The second-order valence-corrected chi connectivity index (χ2v) is 8.43. The third-order valence-corrected chi connectivity index (χ3v) is 6.08. The van der Waals surface area contributed by atoms with Crippen LogP contribution in [0.15, 0.2) is 48.1 Å². The van der Waals surface area contributed by atoms with Gasteiger partial charge in [0.2, 0.25) is 5.91 Å². The van der Waals surface area contributed by atoms with Crippen molar-refractivity contribution in [2.24, 2.45) is 5.92 Å². The van der Waals surface area contributed by atoms with Crippen molar-refractivity contribution in [2.75, 3.05) is 5.32 Å². The van der Waals surface area contributed by atoms with Crippen LogP contribution in [-0.2, 0) is 17.8 Å². The molecule has 2 heterocycles. The number of aromatic nitrogens is 4. The Morgan fingerprint density at radius 2 is 2.13 bits per heavy atom. The lowest BCUT2D eigenvalue weighted by Gasteiger charge is -2.17. The number of hydrogen-bond acceptors (Lipinski definition) is 5. The molecule has 1 aliphatic carbocycles. The molecule has 0 aliphatic heterocycles. The Bertz CT molecular complexity index is 1160. The van der Waals surface area contributed by atoms with E-state index in [2.05, 4.69) is 20.6 Å². The first-order valence-corrected chi connectivity index (χ1v) is 10.6. The van der Waals surface area contributed by atoms with Gasteiger partial charge in [0.25, 0.3) is 0 Å². The number of nitrogens with one attached hydrogen (secondary N) is 1. The van der Waals surface area contributed by atoms with E-state index in [-0.39, 0.29) is 18.2 Å². The summed E-state index contributed by atoms with van der Waals surface area (Å²) in [7, 11) is 0. The number of allylic oxidation sites excluding steroid dienone is 4. The van der Waals surface area contributed by atoms with Crippen LogP contribution in [0.5, 0.6) is 0 Å². The lowest BCUT2D eigenvalue weighted by molar-refractivity contribution is -0.116. The van der Waals surface area contributed by atoms with Gasteiger partial charge in [0.15, 0.2) is 0 Å². The van der Waals surface area contributed by atoms with Gasteiger partial charge in [-0.1, -0.05) is 35.6 Å². The Kier molecular flexibility index (Phi) is 5.90. The minimum Gasteiger partial charge on any atom is -0.316 e. The summed E-state index contributed by atoms with van der Waals surface area (Å²) in [6.07, 6.45) is 0.727. The maximum absolute atomic E-state index is 12.9. The Labute approximate surface area is 180 Å². The molecule has 1 aromatic carbocycles. The predicted octanol–water partition coefficient (Wildman–Crippen LogP) is 4.83. The monoisotopic (exact) mass is 447 g/mol. The number of hydrogen-bond donors (Lipinski definition) is 1. The van der Waals surface area contributed by atoms with Crippen molar-refractivity contribution in [1.29, 1.82) is 0 Å². The van der Waals surface area contributed by atoms with Crippen LogP contribution < -0.4 is 5.32 Å². The minimum absolute atomic E-state index is 0.183. The standard InChI is InChI=1S/C21H20F3N5OS/c1-13-20(26-18(30)9-10-29-17-8-3-2-7-16(17)27-28-29)31-19(25-13)12-14-5-4-6-15(11-14)21(22,23)24/h2-4,6-8,11,14H,5,9-10,12H2,1H3,(H,26,30). The molecule has 0 spiro atoms. The van der Waals surface area contributed by atoms with Crippen molar-refractivity contribution < 1.29 is 18.0 Å². The Balaban J connectivity index is 1.36. The molecule has 0 saturated carbocycles. The van der Waals surface area contributed by atoms with Gasteiger partial charge in [0.05, 0.1) is 28.3 Å². The summed E-state index contributed by atoms with van der Waals surface area (Å²) in [4.78, 5) is 16.8. The van der Waals surface area contributed by atoms with Crippen molar-refractivity contribution in [3.63, 3.8) is 0 Å². The molecule has 3 aromatic rings. The zero-order valence-electron chi connectivity index (χ0n) is 16.7. The molecule has 1 atom stereocenters. The van der Waals surface area contributed by atoms with E-state index in [1.807, 2.05) is 24.3 Å². The highest BCUT2D eigenvalue weighted by Crippen LogP contribution is 2.34. The number of halogens is 3. The van der Waals surface area contributed by atoms with Crippen LogP contribution in [0.2, 0.25) is 0 Å². The number of fused-ring (bicyclic) bond motifs is 1. The molecule has 0 fully saturated rings. The molecule has 0 radical (unpaired) electrons. The number of anilines is 1. The van der Waals surface area contributed by atoms with Crippen molar-refractivity contribution in [2.45, 2.75) is 38.9 Å². The fraction of sp³-hybridized carbons (Fsp3) is 0.333. The van der Waals surface area contributed by atoms with Crippen LogP contribution in [0.3, 0.4) is 0 Å². The van der Waals surface area contributed by atoms with Crippen LogP contribution in [0, 0.1) is 12.8 Å². The van der Waals surface area contributed by atoms with Crippen molar-refractivity contribution in [3.05, 3.63) is 58.8 Å². The van der Waals surface area contributed by atoms with Crippen molar-refractivity contribution in [1.82, 2.24) is 20.0 Å². The van der Waals surface area contributed by atoms with Gasteiger partial charge in [-0.2, -0.15) is 13.2 Å². The maximum atomic E-state index is 12.9. The summed E-state index contributed by atoms with van der Waals surface area (Å²) in [6, 6.07) is 7.52. The SMILES string of the molecule is Cc1nc(CC2C=C(C(F)(F)F)C=CC2)sc1NC(=O)CCn1nnc2ccccc21. The lowest BCUT2D eigenvalue weighted by atomic mass is 9.93. The number of alkyl halides is 3. The highest BCUT2D eigenvalue weighted by Gasteiger charge is 2.33. The first kappa shape index (κ1) is 21.2. The van der Waals surface area contributed by atoms with Gasteiger partial charge in [0.1, 0.15) is 10.5 Å². The van der Waals surface area contributed by atoms with Crippen LogP contribution >= 0.6 is 11.3 Å². The van der Waals surface area contributed by atoms with Crippen LogP contribution in [-0.4, -0.2) is 32.1 Å². The number of carbonyl (C=O) groups is 1. The first-order valence-electron chi connectivity index (χ1n) is 9.79. The number of thiazole rings is 1. The first-order chi connectivity index (χ1) is 14.8. The molecule has 2 aromatic heterocycles. The molecule has 1 amide bonds. The number of amides is 1. The topological polar surface area (TPSA) is 72.7 Å². The second-order valence-electron chi connectivity index (χ2n) is 7.34. The van der Waals surface area contributed by atoms with Gasteiger partial charge < -0.3 is 5.32 Å². The van der Waals surface area contributed by atoms with Crippen LogP contribution in [0.4, 0.5) is 18.2 Å². The fourth-order valence-electron chi connectivity index (χ4n) is 3.44. The lowest BCUT2D eigenvalue weighted by Crippen LogP contribution is -2.15. The third-order valence-electron chi connectivity index (χ3n) is 4.98. The molecular formula is C21H20F3N5OS. The highest BCUT2D eigenvalue weighted by atomic mass is 32.1. The van der Waals surface area contributed by atoms with E-state index in [9.17, 15) is 18.0 Å².